The van der Waals surface area contributed by atoms with E-state index < -0.39 is 0 Å². The number of likely N-dealkylation sites (N-methyl/N-ethyl adjacent to an activating group) is 1. The maximum absolute atomic E-state index is 13.7. The van der Waals surface area contributed by atoms with Crippen LogP contribution in [0.25, 0.3) is 28.2 Å². The molecule has 0 saturated heterocycles. The molecule has 7 heteroatoms. The summed E-state index contributed by atoms with van der Waals surface area (Å²) in [6, 6.07) is 20.5. The number of nitrogens with zero attached hydrogens (tertiary/aromatic N) is 3. The highest BCUT2D eigenvalue weighted by molar-refractivity contribution is 14.1. The van der Waals surface area contributed by atoms with Crippen molar-refractivity contribution in [2.24, 2.45) is 0 Å². The third-order valence-corrected chi connectivity index (χ3v) is 6.39. The minimum Gasteiger partial charge on any atom is -0.497 e. The number of benzene rings is 3. The second-order valence-corrected chi connectivity index (χ2v) is 8.84. The Kier molecular flexibility index (Phi) is 5.49. The van der Waals surface area contributed by atoms with E-state index in [1.54, 1.807) is 28.7 Å². The number of carbonyl (C=O) groups is 1. The number of fused-ring (bicyclic) bond motifs is 2. The van der Waals surface area contributed by atoms with E-state index in [2.05, 4.69) is 22.6 Å². The first-order valence-electron chi connectivity index (χ1n) is 10.5. The quantitative estimate of drug-likeness (QED) is 0.268. The molecule has 164 valence electrons. The van der Waals surface area contributed by atoms with Crippen LogP contribution in [0.4, 0.5) is 5.69 Å². The predicted molar refractivity (Wildman–Crippen MR) is 139 cm³/mol. The van der Waals surface area contributed by atoms with Gasteiger partial charge >= 0.3 is 0 Å². The Bertz CT molecular complexity index is 1510. The van der Waals surface area contributed by atoms with Crippen molar-refractivity contribution in [3.05, 3.63) is 92.0 Å². The number of rotatable bonds is 4. The van der Waals surface area contributed by atoms with E-state index in [-0.39, 0.29) is 11.5 Å². The molecule has 0 radical (unpaired) electrons. The fourth-order valence-electron chi connectivity index (χ4n) is 4.16. The minimum absolute atomic E-state index is 0.104. The first-order valence-corrected chi connectivity index (χ1v) is 11.6. The minimum atomic E-state index is -0.204. The number of carbonyl (C=O) groups excluding carboxylic acids is 1. The molecule has 0 unspecified atom stereocenters. The summed E-state index contributed by atoms with van der Waals surface area (Å²) in [5.74, 6) is 0.908. The number of methoxy groups -OCH3 is 1. The van der Waals surface area contributed by atoms with Gasteiger partial charge < -0.3 is 9.64 Å². The smallest absolute Gasteiger partial charge is 0.266 e. The topological polar surface area (TPSA) is 64.4 Å². The number of hydrogen-bond acceptors (Lipinski definition) is 4. The number of amides is 1. The van der Waals surface area contributed by atoms with E-state index in [9.17, 15) is 9.59 Å². The van der Waals surface area contributed by atoms with E-state index in [1.807, 2.05) is 67.6 Å². The molecular weight excluding hydrogens is 529 g/mol. The van der Waals surface area contributed by atoms with Gasteiger partial charge in [-0.15, -0.1) is 0 Å². The fraction of sp³-hybridized carbons (Fsp3) is 0.115. The molecule has 1 aliphatic heterocycles. The molecule has 5 rings (SSSR count). The molecule has 0 fully saturated rings. The molecule has 0 atom stereocenters. The van der Waals surface area contributed by atoms with Crippen LogP contribution in [0.2, 0.25) is 0 Å². The van der Waals surface area contributed by atoms with Gasteiger partial charge in [0.05, 0.1) is 35.0 Å². The molecule has 0 aliphatic carbocycles. The highest BCUT2D eigenvalue weighted by atomic mass is 127. The monoisotopic (exact) mass is 549 g/mol. The van der Waals surface area contributed by atoms with Crippen LogP contribution in [0.5, 0.6) is 5.75 Å². The summed E-state index contributed by atoms with van der Waals surface area (Å²) in [5, 5.41) is 0.514. The maximum Gasteiger partial charge on any atom is 0.266 e. The molecule has 1 aliphatic rings. The average molecular weight is 549 g/mol. The van der Waals surface area contributed by atoms with Crippen molar-refractivity contribution in [3.8, 4) is 11.4 Å². The molecule has 0 saturated carbocycles. The van der Waals surface area contributed by atoms with Gasteiger partial charge in [0.25, 0.3) is 11.5 Å². The summed E-state index contributed by atoms with van der Waals surface area (Å²) in [6.07, 6.45) is 1.72. The number of hydrogen-bond donors (Lipinski definition) is 0. The Morgan fingerprint density at radius 2 is 1.85 bits per heavy atom. The Morgan fingerprint density at radius 3 is 2.64 bits per heavy atom. The summed E-state index contributed by atoms with van der Waals surface area (Å²) in [4.78, 5) is 33.5. The normalized spacial score (nSPS) is 14.2. The van der Waals surface area contributed by atoms with Crippen LogP contribution in [-0.2, 0) is 4.79 Å². The second-order valence-electron chi connectivity index (χ2n) is 7.60. The molecule has 0 spiro atoms. The van der Waals surface area contributed by atoms with Gasteiger partial charge in [0.2, 0.25) is 0 Å². The van der Waals surface area contributed by atoms with Crippen LogP contribution in [0, 0.1) is 3.57 Å². The van der Waals surface area contributed by atoms with E-state index in [0.717, 1.165) is 14.8 Å². The molecule has 3 aromatic carbocycles. The van der Waals surface area contributed by atoms with Crippen LogP contribution in [0.1, 0.15) is 18.3 Å². The SMILES string of the molecule is CCN1C(=O)C(=Cc2nc3ccc(I)cc3c(=O)n2-c2cccc(OC)c2)c2ccccc21. The van der Waals surface area contributed by atoms with E-state index in [4.69, 9.17) is 9.72 Å². The van der Waals surface area contributed by atoms with Crippen LogP contribution in [-0.4, -0.2) is 29.1 Å². The molecule has 6 nitrogen and oxygen atoms in total. The first kappa shape index (κ1) is 21.4. The lowest BCUT2D eigenvalue weighted by Gasteiger charge is -2.14. The van der Waals surface area contributed by atoms with Gasteiger partial charge in [0, 0.05) is 21.7 Å². The molecule has 4 aromatic rings. The number of halogens is 1. The van der Waals surface area contributed by atoms with E-state index >= 15 is 0 Å². The lowest BCUT2D eigenvalue weighted by Crippen LogP contribution is -2.26. The van der Waals surface area contributed by atoms with Gasteiger partial charge in [-0.25, -0.2) is 4.98 Å². The highest BCUT2D eigenvalue weighted by Gasteiger charge is 2.31. The standard InChI is InChI=1S/C26H20IN3O3/c1-3-29-23-10-5-4-9-19(23)20(25(29)31)15-24-28-22-12-11-16(27)13-21(22)26(32)30(24)17-7-6-8-18(14-17)33-2/h4-15H,3H2,1-2H3. The summed E-state index contributed by atoms with van der Waals surface area (Å²) in [6.45, 7) is 2.50. The molecule has 0 bridgehead atoms. The zero-order valence-electron chi connectivity index (χ0n) is 18.1. The zero-order chi connectivity index (χ0) is 23.1. The third kappa shape index (κ3) is 3.62. The van der Waals surface area contributed by atoms with Gasteiger partial charge in [-0.2, -0.15) is 0 Å². The largest absolute Gasteiger partial charge is 0.497 e. The van der Waals surface area contributed by atoms with Gasteiger partial charge in [-0.3, -0.25) is 14.2 Å². The van der Waals surface area contributed by atoms with Crippen molar-refractivity contribution in [2.45, 2.75) is 6.92 Å². The third-order valence-electron chi connectivity index (χ3n) is 5.72. The van der Waals surface area contributed by atoms with E-state index in [1.165, 1.54) is 0 Å². The van der Waals surface area contributed by atoms with Crippen molar-refractivity contribution in [2.75, 3.05) is 18.6 Å². The van der Waals surface area contributed by atoms with Crippen LogP contribution in [0.3, 0.4) is 0 Å². The Balaban J connectivity index is 1.82. The van der Waals surface area contributed by atoms with Crippen molar-refractivity contribution in [1.29, 1.82) is 0 Å². The molecule has 1 amide bonds. The molecule has 2 heterocycles. The Labute approximate surface area is 204 Å². The van der Waals surface area contributed by atoms with Gasteiger partial charge in [0.15, 0.2) is 0 Å². The van der Waals surface area contributed by atoms with Gasteiger partial charge in [-0.05, 0) is 72.0 Å². The average Bonchev–Trinajstić information content (AvgIpc) is 3.10. The van der Waals surface area contributed by atoms with Crippen LogP contribution in [0.15, 0.2) is 71.5 Å². The van der Waals surface area contributed by atoms with Crippen molar-refractivity contribution in [1.82, 2.24) is 9.55 Å². The molecule has 1 aromatic heterocycles. The fourth-order valence-corrected chi connectivity index (χ4v) is 4.65. The number of anilines is 1. The first-order chi connectivity index (χ1) is 16.0. The summed E-state index contributed by atoms with van der Waals surface area (Å²) >= 11 is 2.18. The van der Waals surface area contributed by atoms with Crippen LogP contribution < -0.4 is 15.2 Å². The Hall–Kier alpha value is -3.46. The molecule has 33 heavy (non-hydrogen) atoms. The zero-order valence-corrected chi connectivity index (χ0v) is 20.2. The second kappa shape index (κ2) is 8.47. The Morgan fingerprint density at radius 1 is 1.03 bits per heavy atom. The maximum atomic E-state index is 13.7. The predicted octanol–water partition coefficient (Wildman–Crippen LogP) is 4.91. The van der Waals surface area contributed by atoms with Gasteiger partial charge in [0.1, 0.15) is 11.6 Å². The molecule has 0 N–H and O–H groups in total. The summed E-state index contributed by atoms with van der Waals surface area (Å²) in [5.41, 5.74) is 3.20. The van der Waals surface area contributed by atoms with E-state index in [0.29, 0.717) is 40.3 Å². The lowest BCUT2D eigenvalue weighted by atomic mass is 10.1. The van der Waals surface area contributed by atoms with Crippen molar-refractivity contribution >= 4 is 56.7 Å². The molecular formula is C26H20IN3O3. The highest BCUT2D eigenvalue weighted by Crippen LogP contribution is 2.37. The summed E-state index contributed by atoms with van der Waals surface area (Å²) < 4.78 is 7.86. The van der Waals surface area contributed by atoms with Gasteiger partial charge in [-0.1, -0.05) is 24.3 Å². The van der Waals surface area contributed by atoms with Crippen molar-refractivity contribution < 1.29 is 9.53 Å². The summed E-state index contributed by atoms with van der Waals surface area (Å²) in [7, 11) is 1.58. The lowest BCUT2D eigenvalue weighted by molar-refractivity contribution is -0.112. The number of ether oxygens (including phenoxy) is 1. The number of para-hydroxylation sites is 1. The van der Waals surface area contributed by atoms with Crippen LogP contribution >= 0.6 is 22.6 Å². The number of aromatic nitrogens is 2. The van der Waals surface area contributed by atoms with Crippen molar-refractivity contribution in [3.63, 3.8) is 0 Å².